The van der Waals surface area contributed by atoms with Gasteiger partial charge in [-0.1, -0.05) is 0 Å². The smallest absolute Gasteiger partial charge is 0.870 e. The van der Waals surface area contributed by atoms with E-state index in [-0.39, 0.29) is 60.0 Å². The van der Waals surface area contributed by atoms with Gasteiger partial charge < -0.3 is 43.7 Å². The summed E-state index contributed by atoms with van der Waals surface area (Å²) in [5.41, 5.74) is 4.92. The molecule has 12 heavy (non-hydrogen) atoms. The Morgan fingerprint density at radius 2 is 1.17 bits per heavy atom. The normalized spacial score (nSPS) is 6.25. The molecule has 0 radical (unpaired) electrons. The average Bonchev–Trinajstić information content (AvgIpc) is 1.38. The average molecular weight is 374 g/mol. The molecule has 9 heteroatoms. The summed E-state index contributed by atoms with van der Waals surface area (Å²) in [6, 6.07) is 0. The van der Waals surface area contributed by atoms with E-state index in [0.29, 0.717) is 6.54 Å². The first-order chi connectivity index (χ1) is 2.27. The van der Waals surface area contributed by atoms with Gasteiger partial charge in [0.05, 0.1) is 6.10 Å². The molecule has 1 unspecified atom stereocenters. The summed E-state index contributed by atoms with van der Waals surface area (Å²) in [6.45, 7) is 2.01. The van der Waals surface area contributed by atoms with E-state index in [1.165, 1.54) is 0 Å². The predicted octanol–water partition coefficient (Wildman–Crippen LogP) is -3.03. The summed E-state index contributed by atoms with van der Waals surface area (Å²) >= 11 is 0. The second kappa shape index (κ2) is 64.0. The first-order valence-electron chi connectivity index (χ1n) is 1.65. The van der Waals surface area contributed by atoms with Crippen molar-refractivity contribution in [1.82, 2.24) is 0 Å². The van der Waals surface area contributed by atoms with Gasteiger partial charge in [0.25, 0.3) is 0 Å². The number of hydrogen-bond donors (Lipinski definition) is 2. The standard InChI is InChI=1S/C3H9NO.6H2O.Pt/c1-3(5)2-4;;;;;;;/h3,5H,2,4H2,1H3;6*1H2;/q;;;;;;;+4/p-4. The molecular formula is C3H17NO7Pt. The van der Waals surface area contributed by atoms with Crippen molar-refractivity contribution in [3.8, 4) is 0 Å². The second-order valence-corrected chi connectivity index (χ2v) is 1.08. The maximum atomic E-state index is 8.24. The van der Waals surface area contributed by atoms with Crippen LogP contribution in [0.25, 0.3) is 0 Å². The molecule has 0 aliphatic heterocycles. The summed E-state index contributed by atoms with van der Waals surface area (Å²) < 4.78 is 0. The van der Waals surface area contributed by atoms with Crippen LogP contribution in [0.5, 0.6) is 0 Å². The second-order valence-electron chi connectivity index (χ2n) is 1.08. The zero-order chi connectivity index (χ0) is 4.28. The molecule has 0 fully saturated rings. The van der Waals surface area contributed by atoms with Crippen molar-refractivity contribution in [2.75, 3.05) is 6.54 Å². The predicted molar refractivity (Wildman–Crippen MR) is 35.7 cm³/mol. The van der Waals surface area contributed by atoms with E-state index in [4.69, 9.17) is 10.8 Å². The fourth-order valence-corrected chi connectivity index (χ4v) is 0. The van der Waals surface area contributed by atoms with Crippen molar-refractivity contribution in [3.05, 3.63) is 0 Å². The fourth-order valence-electron chi connectivity index (χ4n) is 0. The van der Waals surface area contributed by atoms with E-state index in [1.807, 2.05) is 0 Å². The van der Waals surface area contributed by atoms with Crippen LogP contribution >= 0.6 is 0 Å². The van der Waals surface area contributed by atoms with Gasteiger partial charge in [-0.15, -0.1) is 0 Å². The molecule has 0 amide bonds. The summed E-state index contributed by atoms with van der Waals surface area (Å²) in [7, 11) is 0. The van der Waals surface area contributed by atoms with Crippen molar-refractivity contribution in [2.45, 2.75) is 13.0 Å². The van der Waals surface area contributed by atoms with Crippen LogP contribution in [0.2, 0.25) is 0 Å². The number of hydrogen-bond acceptors (Lipinski definition) is 6. The van der Waals surface area contributed by atoms with Crippen molar-refractivity contribution in [1.29, 1.82) is 0 Å². The van der Waals surface area contributed by atoms with Crippen molar-refractivity contribution >= 4 is 0 Å². The molecule has 0 aliphatic carbocycles. The van der Waals surface area contributed by atoms with Gasteiger partial charge in [-0.05, 0) is 6.92 Å². The third kappa shape index (κ3) is 162. The SMILES string of the molecule is CC(O)CN.O.O.[OH-].[OH-].[OH-].[OH-].[Pt+4]. The Bertz CT molecular complexity index is 32.6. The van der Waals surface area contributed by atoms with Gasteiger partial charge in [0.15, 0.2) is 0 Å². The molecule has 0 spiro atoms. The Morgan fingerprint density at radius 1 is 1.08 bits per heavy atom. The van der Waals surface area contributed by atoms with Gasteiger partial charge >= 0.3 is 21.1 Å². The third-order valence-corrected chi connectivity index (χ3v) is 0.341. The summed E-state index contributed by atoms with van der Waals surface area (Å²) in [5.74, 6) is 0. The van der Waals surface area contributed by atoms with Gasteiger partial charge in [-0.3, -0.25) is 0 Å². The van der Waals surface area contributed by atoms with Gasteiger partial charge in [0.1, 0.15) is 0 Å². The molecule has 0 aliphatic rings. The Labute approximate surface area is 84.9 Å². The van der Waals surface area contributed by atoms with Gasteiger partial charge in [0, 0.05) is 6.54 Å². The number of nitrogens with two attached hydrogens (primary N) is 1. The van der Waals surface area contributed by atoms with Gasteiger partial charge in [-0.25, -0.2) is 0 Å². The number of rotatable bonds is 1. The van der Waals surface area contributed by atoms with Crippen LogP contribution in [0.1, 0.15) is 6.92 Å². The number of aliphatic hydroxyl groups is 1. The van der Waals surface area contributed by atoms with Crippen LogP contribution in [-0.4, -0.2) is 50.6 Å². The van der Waals surface area contributed by atoms with Crippen LogP contribution in [0.4, 0.5) is 0 Å². The number of aliphatic hydroxyl groups excluding tert-OH is 1. The molecule has 0 heterocycles. The van der Waals surface area contributed by atoms with Crippen LogP contribution in [0.15, 0.2) is 0 Å². The van der Waals surface area contributed by atoms with E-state index in [0.717, 1.165) is 0 Å². The quantitative estimate of drug-likeness (QED) is 0.484. The Balaban J connectivity index is -0.00000000381. The van der Waals surface area contributed by atoms with E-state index < -0.39 is 0 Å². The monoisotopic (exact) mass is 374 g/mol. The third-order valence-electron chi connectivity index (χ3n) is 0.341. The Kier molecular flexibility index (Phi) is 447. The minimum absolute atomic E-state index is 0. The van der Waals surface area contributed by atoms with Crippen LogP contribution in [0, 0.1) is 0 Å². The molecular weight excluding hydrogens is 357 g/mol. The molecule has 11 N–H and O–H groups in total. The maximum Gasteiger partial charge on any atom is 4.00 e. The largest absolute Gasteiger partial charge is 4.00 e. The van der Waals surface area contributed by atoms with Crippen LogP contribution < -0.4 is 5.73 Å². The van der Waals surface area contributed by atoms with E-state index in [2.05, 4.69) is 0 Å². The van der Waals surface area contributed by atoms with Gasteiger partial charge in [0.2, 0.25) is 0 Å². The Morgan fingerprint density at radius 3 is 1.17 bits per heavy atom. The molecule has 1 atom stereocenters. The molecule has 8 nitrogen and oxygen atoms in total. The maximum absolute atomic E-state index is 8.24. The molecule has 0 aromatic heterocycles. The Hall–Kier alpha value is 0.368. The van der Waals surface area contributed by atoms with Crippen LogP contribution in [-0.2, 0) is 21.1 Å². The zero-order valence-electron chi connectivity index (χ0n) is 6.41. The van der Waals surface area contributed by atoms with E-state index >= 15 is 0 Å². The molecule has 0 aromatic carbocycles. The van der Waals surface area contributed by atoms with Crippen molar-refractivity contribution in [3.63, 3.8) is 0 Å². The molecule has 0 aromatic rings. The molecule has 86 valence electrons. The van der Waals surface area contributed by atoms with E-state index in [9.17, 15) is 0 Å². The zero-order valence-corrected chi connectivity index (χ0v) is 8.69. The topological polar surface area (TPSA) is 229 Å². The van der Waals surface area contributed by atoms with Gasteiger partial charge in [-0.2, -0.15) is 0 Å². The molecule has 0 rings (SSSR count). The molecule has 0 saturated heterocycles. The van der Waals surface area contributed by atoms with E-state index in [1.54, 1.807) is 6.92 Å². The molecule has 0 bridgehead atoms. The summed E-state index contributed by atoms with van der Waals surface area (Å²) in [5, 5.41) is 8.24. The summed E-state index contributed by atoms with van der Waals surface area (Å²) in [6.07, 6.45) is -0.338. The molecule has 0 saturated carbocycles. The first-order valence-corrected chi connectivity index (χ1v) is 1.65. The minimum Gasteiger partial charge on any atom is -0.870 e. The summed E-state index contributed by atoms with van der Waals surface area (Å²) in [4.78, 5) is 0. The van der Waals surface area contributed by atoms with Crippen LogP contribution in [0.3, 0.4) is 0 Å². The fraction of sp³-hybridized carbons (Fsp3) is 1.00. The van der Waals surface area contributed by atoms with Crippen molar-refractivity contribution < 1.29 is 59.0 Å². The minimum atomic E-state index is -0.338. The first kappa shape index (κ1) is 83.8. The van der Waals surface area contributed by atoms with Crippen molar-refractivity contribution in [2.24, 2.45) is 5.73 Å².